The quantitative estimate of drug-likeness (QED) is 0.532. The Labute approximate surface area is 92.3 Å². The number of nitrogens with one attached hydrogen (secondary N) is 1. The Balaban J connectivity index is 2.24. The molecule has 2 unspecified atom stereocenters. The molecule has 0 amide bonds. The topological polar surface area (TPSA) is 55.7 Å². The minimum atomic E-state index is 0.246. The molecule has 4 nitrogen and oxygen atoms in total. The lowest BCUT2D eigenvalue weighted by molar-refractivity contribution is 0.121. The van der Waals surface area contributed by atoms with Crippen molar-refractivity contribution in [1.29, 1.82) is 0 Å². The van der Waals surface area contributed by atoms with Crippen LogP contribution in [0.3, 0.4) is 0 Å². The van der Waals surface area contributed by atoms with E-state index in [9.17, 15) is 0 Å². The zero-order valence-electron chi connectivity index (χ0n) is 9.65. The van der Waals surface area contributed by atoms with E-state index in [0.717, 1.165) is 32.6 Å². The van der Waals surface area contributed by atoms with E-state index in [-0.39, 0.29) is 13.2 Å². The number of aliphatic hydroxyl groups is 2. The Kier molecular flexibility index (Phi) is 6.17. The van der Waals surface area contributed by atoms with Crippen LogP contribution < -0.4 is 5.32 Å². The Bertz CT molecular complexity index is 167. The predicted molar refractivity (Wildman–Crippen MR) is 60.8 cm³/mol. The molecule has 0 spiro atoms. The summed E-state index contributed by atoms with van der Waals surface area (Å²) in [6.07, 6.45) is 2.03. The average molecular weight is 216 g/mol. The first-order valence-corrected chi connectivity index (χ1v) is 5.93. The maximum atomic E-state index is 8.91. The third-order valence-corrected chi connectivity index (χ3v) is 2.92. The molecule has 90 valence electrons. The lowest BCUT2D eigenvalue weighted by atomic mass is 9.96. The predicted octanol–water partition coefficient (Wildman–Crippen LogP) is -0.339. The molecule has 1 aliphatic rings. The van der Waals surface area contributed by atoms with Gasteiger partial charge in [0, 0.05) is 32.3 Å². The minimum absolute atomic E-state index is 0.246. The van der Waals surface area contributed by atoms with Gasteiger partial charge in [-0.15, -0.1) is 0 Å². The van der Waals surface area contributed by atoms with Crippen LogP contribution >= 0.6 is 0 Å². The Morgan fingerprint density at radius 3 is 2.73 bits per heavy atom. The van der Waals surface area contributed by atoms with Gasteiger partial charge in [0.1, 0.15) is 0 Å². The Morgan fingerprint density at radius 1 is 1.27 bits per heavy atom. The van der Waals surface area contributed by atoms with Gasteiger partial charge in [0.15, 0.2) is 0 Å². The first-order valence-electron chi connectivity index (χ1n) is 5.93. The summed E-state index contributed by atoms with van der Waals surface area (Å²) in [5.41, 5.74) is 0. The van der Waals surface area contributed by atoms with Crippen LogP contribution in [0.2, 0.25) is 0 Å². The van der Waals surface area contributed by atoms with E-state index in [1.165, 1.54) is 6.42 Å². The third-order valence-electron chi connectivity index (χ3n) is 2.92. The smallest absolute Gasteiger partial charge is 0.0558 e. The van der Waals surface area contributed by atoms with E-state index >= 15 is 0 Å². The monoisotopic (exact) mass is 216 g/mol. The summed E-state index contributed by atoms with van der Waals surface area (Å²) in [6.45, 7) is 6.55. The number of piperidine rings is 1. The average Bonchev–Trinajstić information content (AvgIpc) is 2.18. The molecule has 0 aromatic heterocycles. The van der Waals surface area contributed by atoms with Gasteiger partial charge >= 0.3 is 0 Å². The number of β-amino-alcohol motifs (C(OH)–C–C–N with tert-alkyl or cyclic N) is 1. The zero-order chi connectivity index (χ0) is 11.1. The zero-order valence-corrected chi connectivity index (χ0v) is 9.65. The molecule has 4 heteroatoms. The van der Waals surface area contributed by atoms with E-state index in [0.29, 0.717) is 12.0 Å². The van der Waals surface area contributed by atoms with Crippen molar-refractivity contribution in [2.24, 2.45) is 5.92 Å². The number of hydrogen-bond donors (Lipinski definition) is 3. The second-order valence-corrected chi connectivity index (χ2v) is 4.55. The largest absolute Gasteiger partial charge is 0.396 e. The van der Waals surface area contributed by atoms with E-state index in [1.54, 1.807) is 0 Å². The van der Waals surface area contributed by atoms with Crippen molar-refractivity contribution in [3.8, 4) is 0 Å². The molecule has 2 atom stereocenters. The molecule has 1 rings (SSSR count). The summed E-state index contributed by atoms with van der Waals surface area (Å²) in [4.78, 5) is 2.31. The maximum Gasteiger partial charge on any atom is 0.0558 e. The minimum Gasteiger partial charge on any atom is -0.396 e. The molecule has 0 saturated carbocycles. The van der Waals surface area contributed by atoms with Crippen molar-refractivity contribution in [1.82, 2.24) is 10.2 Å². The number of hydrogen-bond acceptors (Lipinski definition) is 4. The standard InChI is InChI=1S/C11H24N2O2/c1-10-7-11(12-3-2-5-14)9-13(8-10)4-6-15/h10-12,14-15H,2-9H2,1H3. The lowest BCUT2D eigenvalue weighted by Gasteiger charge is -2.36. The van der Waals surface area contributed by atoms with Gasteiger partial charge in [-0.25, -0.2) is 0 Å². The number of rotatable bonds is 6. The van der Waals surface area contributed by atoms with Gasteiger partial charge in [0.25, 0.3) is 0 Å². The third kappa shape index (κ3) is 4.93. The summed E-state index contributed by atoms with van der Waals surface area (Å²) in [5, 5.41) is 21.1. The van der Waals surface area contributed by atoms with Crippen LogP contribution in [0, 0.1) is 5.92 Å². The van der Waals surface area contributed by atoms with Crippen LogP contribution in [0.5, 0.6) is 0 Å². The molecular weight excluding hydrogens is 192 g/mol. The van der Waals surface area contributed by atoms with Crippen LogP contribution in [0.25, 0.3) is 0 Å². The van der Waals surface area contributed by atoms with Gasteiger partial charge in [-0.05, 0) is 25.3 Å². The molecule has 0 aliphatic carbocycles. The summed E-state index contributed by atoms with van der Waals surface area (Å²) in [5.74, 6) is 0.692. The van der Waals surface area contributed by atoms with Gasteiger partial charge in [-0.3, -0.25) is 4.90 Å². The normalized spacial score (nSPS) is 28.2. The van der Waals surface area contributed by atoms with Crippen LogP contribution in [0.4, 0.5) is 0 Å². The van der Waals surface area contributed by atoms with Gasteiger partial charge in [-0.2, -0.15) is 0 Å². The fourth-order valence-electron chi connectivity index (χ4n) is 2.32. The van der Waals surface area contributed by atoms with Crippen molar-refractivity contribution < 1.29 is 10.2 Å². The summed E-state index contributed by atoms with van der Waals surface area (Å²) < 4.78 is 0. The Hall–Kier alpha value is -0.160. The highest BCUT2D eigenvalue weighted by atomic mass is 16.3. The fraction of sp³-hybridized carbons (Fsp3) is 1.00. The molecule has 15 heavy (non-hydrogen) atoms. The number of nitrogens with zero attached hydrogens (tertiary/aromatic N) is 1. The van der Waals surface area contributed by atoms with Crippen molar-refractivity contribution in [2.45, 2.75) is 25.8 Å². The van der Waals surface area contributed by atoms with E-state index < -0.39 is 0 Å². The maximum absolute atomic E-state index is 8.91. The second-order valence-electron chi connectivity index (χ2n) is 4.55. The van der Waals surface area contributed by atoms with Crippen LogP contribution in [0.1, 0.15) is 19.8 Å². The van der Waals surface area contributed by atoms with E-state index in [1.807, 2.05) is 0 Å². The highest BCUT2D eigenvalue weighted by Crippen LogP contribution is 2.15. The SMILES string of the molecule is CC1CC(NCCCO)CN(CCO)C1. The molecule has 0 aromatic rings. The van der Waals surface area contributed by atoms with E-state index in [4.69, 9.17) is 10.2 Å². The van der Waals surface area contributed by atoms with Gasteiger partial charge in [0.05, 0.1) is 6.61 Å². The first kappa shape index (κ1) is 12.9. The molecule has 1 aliphatic heterocycles. The Morgan fingerprint density at radius 2 is 2.07 bits per heavy atom. The number of aliphatic hydroxyl groups excluding tert-OH is 2. The van der Waals surface area contributed by atoms with Crippen molar-refractivity contribution in [3.05, 3.63) is 0 Å². The molecule has 0 radical (unpaired) electrons. The molecule has 1 heterocycles. The van der Waals surface area contributed by atoms with E-state index in [2.05, 4.69) is 17.1 Å². The molecule has 0 aromatic carbocycles. The second kappa shape index (κ2) is 7.17. The highest BCUT2D eigenvalue weighted by Gasteiger charge is 2.23. The van der Waals surface area contributed by atoms with Crippen LogP contribution in [0.15, 0.2) is 0 Å². The molecule has 3 N–H and O–H groups in total. The van der Waals surface area contributed by atoms with Crippen molar-refractivity contribution >= 4 is 0 Å². The molecule has 0 bridgehead atoms. The van der Waals surface area contributed by atoms with Crippen molar-refractivity contribution in [2.75, 3.05) is 39.4 Å². The number of likely N-dealkylation sites (tertiary alicyclic amines) is 1. The fourth-order valence-corrected chi connectivity index (χ4v) is 2.32. The van der Waals surface area contributed by atoms with Gasteiger partial charge < -0.3 is 15.5 Å². The van der Waals surface area contributed by atoms with Gasteiger partial charge in [0.2, 0.25) is 0 Å². The van der Waals surface area contributed by atoms with Crippen LogP contribution in [-0.2, 0) is 0 Å². The molecular formula is C11H24N2O2. The van der Waals surface area contributed by atoms with Crippen LogP contribution in [-0.4, -0.2) is 60.5 Å². The lowest BCUT2D eigenvalue weighted by Crippen LogP contribution is -2.49. The molecule has 1 saturated heterocycles. The summed E-state index contributed by atoms with van der Waals surface area (Å²) in [7, 11) is 0. The highest BCUT2D eigenvalue weighted by molar-refractivity contribution is 4.81. The summed E-state index contributed by atoms with van der Waals surface area (Å²) in [6, 6.07) is 0.520. The first-order chi connectivity index (χ1) is 7.26. The molecule has 1 fully saturated rings. The summed E-state index contributed by atoms with van der Waals surface area (Å²) >= 11 is 0. The van der Waals surface area contributed by atoms with Crippen molar-refractivity contribution in [3.63, 3.8) is 0 Å². The van der Waals surface area contributed by atoms with Gasteiger partial charge in [-0.1, -0.05) is 6.92 Å².